The first kappa shape index (κ1) is 86.2. The van der Waals surface area contributed by atoms with E-state index >= 15 is 0 Å². The van der Waals surface area contributed by atoms with E-state index in [1.54, 1.807) is 6.08 Å². The number of amides is 1. The number of esters is 1. The van der Waals surface area contributed by atoms with Gasteiger partial charge in [0, 0.05) is 12.8 Å². The van der Waals surface area contributed by atoms with Crippen molar-refractivity contribution >= 4 is 11.9 Å². The molecule has 1 saturated heterocycles. The Morgan fingerprint density at radius 1 is 0.400 bits per heavy atom. The van der Waals surface area contributed by atoms with Crippen LogP contribution in [0.2, 0.25) is 0 Å². The Morgan fingerprint density at radius 3 is 1.07 bits per heavy atom. The van der Waals surface area contributed by atoms with Crippen molar-refractivity contribution in [2.45, 2.75) is 448 Å². The Bertz CT molecular complexity index is 1540. The molecule has 1 aliphatic heterocycles. The molecule has 11 heteroatoms. The zero-order valence-electron chi connectivity index (χ0n) is 59.4. The molecule has 7 unspecified atom stereocenters. The first-order valence-corrected chi connectivity index (χ1v) is 39.6. The van der Waals surface area contributed by atoms with Crippen molar-refractivity contribution < 1.29 is 49.3 Å². The van der Waals surface area contributed by atoms with E-state index in [0.717, 1.165) is 57.8 Å². The lowest BCUT2D eigenvalue weighted by Crippen LogP contribution is -2.60. The van der Waals surface area contributed by atoms with Gasteiger partial charge in [0.1, 0.15) is 24.4 Å². The Balaban J connectivity index is 1.85. The molecular weight excluding hydrogens is 1120 g/mol. The van der Waals surface area contributed by atoms with E-state index in [2.05, 4.69) is 31.3 Å². The minimum absolute atomic E-state index is 0.0134. The molecule has 0 saturated carbocycles. The highest BCUT2D eigenvalue weighted by Gasteiger charge is 2.44. The summed E-state index contributed by atoms with van der Waals surface area (Å²) in [7, 11) is 0. The maximum Gasteiger partial charge on any atom is 0.305 e. The number of hydrogen-bond acceptors (Lipinski definition) is 10. The summed E-state index contributed by atoms with van der Waals surface area (Å²) in [5.41, 5.74) is 0. The molecule has 90 heavy (non-hydrogen) atoms. The van der Waals surface area contributed by atoms with Crippen molar-refractivity contribution in [3.63, 3.8) is 0 Å². The summed E-state index contributed by atoms with van der Waals surface area (Å²) in [5.74, 6) is -0.162. The summed E-state index contributed by atoms with van der Waals surface area (Å²) in [6, 6.07) is -0.804. The molecule has 1 heterocycles. The zero-order valence-corrected chi connectivity index (χ0v) is 59.4. The number of aliphatic hydroxyl groups is 5. The molecule has 6 N–H and O–H groups in total. The van der Waals surface area contributed by atoms with Crippen LogP contribution in [0.4, 0.5) is 0 Å². The van der Waals surface area contributed by atoms with Crippen LogP contribution < -0.4 is 5.32 Å². The summed E-state index contributed by atoms with van der Waals surface area (Å²) < 4.78 is 16.8. The van der Waals surface area contributed by atoms with Crippen molar-refractivity contribution in [2.75, 3.05) is 19.8 Å². The molecule has 0 aromatic carbocycles. The van der Waals surface area contributed by atoms with Crippen LogP contribution in [0.15, 0.2) is 24.3 Å². The molecule has 0 spiro atoms. The lowest BCUT2D eigenvalue weighted by molar-refractivity contribution is -0.302. The van der Waals surface area contributed by atoms with Crippen LogP contribution in [0, 0.1) is 0 Å². The van der Waals surface area contributed by atoms with E-state index in [1.807, 2.05) is 6.08 Å². The van der Waals surface area contributed by atoms with Gasteiger partial charge in [0.25, 0.3) is 0 Å². The van der Waals surface area contributed by atoms with Gasteiger partial charge < -0.3 is 45.1 Å². The third-order valence-electron chi connectivity index (χ3n) is 19.1. The average Bonchev–Trinajstić information content (AvgIpc) is 0.992. The molecule has 1 aliphatic rings. The van der Waals surface area contributed by atoms with Gasteiger partial charge in [-0.15, -0.1) is 0 Å². The number of unbranched alkanes of at least 4 members (excludes halogenated alkanes) is 55. The zero-order chi connectivity index (χ0) is 65.1. The van der Waals surface area contributed by atoms with Crippen LogP contribution in [-0.2, 0) is 23.8 Å². The van der Waals surface area contributed by atoms with Crippen LogP contribution in [0.1, 0.15) is 406 Å². The topological polar surface area (TPSA) is 175 Å². The maximum atomic E-state index is 13.0. The molecule has 0 radical (unpaired) electrons. The fourth-order valence-electron chi connectivity index (χ4n) is 12.8. The minimum Gasteiger partial charge on any atom is -0.466 e. The molecule has 0 aromatic heterocycles. The van der Waals surface area contributed by atoms with Gasteiger partial charge in [-0.2, -0.15) is 0 Å². The molecule has 0 aromatic rings. The summed E-state index contributed by atoms with van der Waals surface area (Å²) in [6.07, 6.45) is 77.9. The van der Waals surface area contributed by atoms with Crippen molar-refractivity contribution in [1.29, 1.82) is 0 Å². The molecule has 532 valence electrons. The van der Waals surface area contributed by atoms with Crippen molar-refractivity contribution in [1.82, 2.24) is 5.32 Å². The van der Waals surface area contributed by atoms with Crippen molar-refractivity contribution in [2.24, 2.45) is 0 Å². The van der Waals surface area contributed by atoms with Gasteiger partial charge in [0.15, 0.2) is 6.29 Å². The molecule has 7 atom stereocenters. The summed E-state index contributed by atoms with van der Waals surface area (Å²) in [5, 5.41) is 54.4. The van der Waals surface area contributed by atoms with Gasteiger partial charge >= 0.3 is 5.97 Å². The summed E-state index contributed by atoms with van der Waals surface area (Å²) >= 11 is 0. The molecular formula is C79H151NO10. The van der Waals surface area contributed by atoms with E-state index in [-0.39, 0.29) is 18.5 Å². The van der Waals surface area contributed by atoms with Gasteiger partial charge in [-0.25, -0.2) is 0 Å². The molecule has 1 amide bonds. The second-order valence-corrected chi connectivity index (χ2v) is 27.8. The molecule has 0 bridgehead atoms. The predicted molar refractivity (Wildman–Crippen MR) is 380 cm³/mol. The van der Waals surface area contributed by atoms with E-state index in [0.29, 0.717) is 19.4 Å². The monoisotopic (exact) mass is 1270 g/mol. The van der Waals surface area contributed by atoms with Crippen molar-refractivity contribution in [3.8, 4) is 0 Å². The standard InChI is InChI=1S/C79H151NO10/c1-3-5-7-9-11-13-15-16-17-37-41-44-47-51-55-59-63-67-75(84)88-68-64-60-56-52-48-45-42-39-36-34-32-30-28-26-24-22-20-18-19-21-23-25-27-29-31-33-35-38-40-43-46-50-54-58-62-66-74(83)80-71(70-89-79-78(87)77(86)76(85)73(69-81)90-79)72(82)65-61-57-53-49-14-12-10-8-6-4-2/h16-17,61,65,71-73,76-79,81-82,85-87H,3-15,18-60,62-64,66-70H2,1-2H3,(H,80,83)/b17-16-,65-61+. The van der Waals surface area contributed by atoms with Crippen LogP contribution in [0.5, 0.6) is 0 Å². The van der Waals surface area contributed by atoms with Gasteiger partial charge in [0.05, 0.1) is 32.0 Å². The number of hydrogen-bond donors (Lipinski definition) is 6. The lowest BCUT2D eigenvalue weighted by Gasteiger charge is -2.40. The first-order chi connectivity index (χ1) is 44.2. The minimum atomic E-state index is -1.57. The van der Waals surface area contributed by atoms with Crippen molar-refractivity contribution in [3.05, 3.63) is 24.3 Å². The number of carbonyl (C=O) groups is 2. The van der Waals surface area contributed by atoms with E-state index in [4.69, 9.17) is 14.2 Å². The molecule has 1 rings (SSSR count). The molecule has 0 aliphatic carbocycles. The number of rotatable bonds is 71. The molecule has 11 nitrogen and oxygen atoms in total. The van der Waals surface area contributed by atoms with E-state index in [1.165, 1.54) is 321 Å². The van der Waals surface area contributed by atoms with E-state index < -0.39 is 49.5 Å². The quantitative estimate of drug-likeness (QED) is 0.0195. The smallest absolute Gasteiger partial charge is 0.305 e. The Kier molecular flexibility index (Phi) is 65.6. The van der Waals surface area contributed by atoms with E-state index in [9.17, 15) is 35.1 Å². The molecule has 1 fully saturated rings. The lowest BCUT2D eigenvalue weighted by atomic mass is 9.99. The van der Waals surface area contributed by atoms with Crippen LogP contribution in [0.3, 0.4) is 0 Å². The van der Waals surface area contributed by atoms with Crippen LogP contribution in [-0.4, -0.2) is 100 Å². The number of carbonyl (C=O) groups excluding carboxylic acids is 2. The van der Waals surface area contributed by atoms with Crippen LogP contribution in [0.25, 0.3) is 0 Å². The van der Waals surface area contributed by atoms with Crippen LogP contribution >= 0.6 is 0 Å². The fourth-order valence-corrected chi connectivity index (χ4v) is 12.8. The Morgan fingerprint density at radius 2 is 0.711 bits per heavy atom. The maximum absolute atomic E-state index is 13.0. The summed E-state index contributed by atoms with van der Waals surface area (Å²) in [4.78, 5) is 25.2. The average molecular weight is 1280 g/mol. The number of nitrogens with one attached hydrogen (secondary N) is 1. The normalized spacial score (nSPS) is 17.7. The first-order valence-electron chi connectivity index (χ1n) is 39.6. The third kappa shape index (κ3) is 56.5. The second kappa shape index (κ2) is 68.5. The van der Waals surface area contributed by atoms with Gasteiger partial charge in [-0.1, -0.05) is 359 Å². The highest BCUT2D eigenvalue weighted by molar-refractivity contribution is 5.76. The largest absolute Gasteiger partial charge is 0.466 e. The Hall–Kier alpha value is -1.86. The number of allylic oxidation sites excluding steroid dienone is 3. The predicted octanol–water partition coefficient (Wildman–Crippen LogP) is 21.1. The third-order valence-corrected chi connectivity index (χ3v) is 19.1. The SMILES string of the molecule is CCCCCCCC/C=C\CCCCCCCCCC(=O)OCCCCCCCCCCCCCCCCCCCCCCCCCCCCCCCCCCCCCC(=O)NC(COC1OC(CO)C(O)C(O)C1O)C(O)/C=C/CCCCCCCCCC. The number of aliphatic hydroxyl groups excluding tert-OH is 5. The van der Waals surface area contributed by atoms with Gasteiger partial charge in [-0.05, 0) is 57.8 Å². The summed E-state index contributed by atoms with van der Waals surface area (Å²) in [6.45, 7) is 4.37. The second-order valence-electron chi connectivity index (χ2n) is 27.8. The highest BCUT2D eigenvalue weighted by Crippen LogP contribution is 2.24. The fraction of sp³-hybridized carbons (Fsp3) is 0.924. The highest BCUT2D eigenvalue weighted by atomic mass is 16.7. The Labute approximate surface area is 556 Å². The van der Waals surface area contributed by atoms with Gasteiger partial charge in [0.2, 0.25) is 5.91 Å². The van der Waals surface area contributed by atoms with Gasteiger partial charge in [-0.3, -0.25) is 9.59 Å². The number of ether oxygens (including phenoxy) is 3.